The molecule has 0 atom stereocenters. The highest BCUT2D eigenvalue weighted by Gasteiger charge is 2.39. The van der Waals surface area contributed by atoms with Crippen molar-refractivity contribution in [2.45, 2.75) is 39.0 Å². The molecule has 0 N–H and O–H groups in total. The Morgan fingerprint density at radius 1 is 1.17 bits per heavy atom. The smallest absolute Gasteiger partial charge is 0.347 e. The van der Waals surface area contributed by atoms with E-state index >= 15 is 0 Å². The molecule has 0 unspecified atom stereocenters. The van der Waals surface area contributed by atoms with E-state index in [1.165, 1.54) is 22.2 Å². The number of anilines is 1. The van der Waals surface area contributed by atoms with E-state index < -0.39 is 12.0 Å². The molecule has 13 heteroatoms. The largest absolute Gasteiger partial charge is 0.451 e. The van der Waals surface area contributed by atoms with Crippen LogP contribution in [0.2, 0.25) is 0 Å². The summed E-state index contributed by atoms with van der Waals surface area (Å²) < 4.78 is 42.1. The second kappa shape index (κ2) is 7.00. The Labute approximate surface area is 172 Å². The van der Waals surface area contributed by atoms with Crippen LogP contribution in [0, 0.1) is 0 Å². The summed E-state index contributed by atoms with van der Waals surface area (Å²) in [6.07, 6.45) is 0.291. The zero-order chi connectivity index (χ0) is 20.9. The van der Waals surface area contributed by atoms with Crippen LogP contribution in [0.4, 0.5) is 19.0 Å². The first-order valence-electron chi connectivity index (χ1n) is 9.33. The van der Waals surface area contributed by atoms with E-state index in [0.29, 0.717) is 18.3 Å². The van der Waals surface area contributed by atoms with Crippen molar-refractivity contribution in [2.75, 3.05) is 11.4 Å². The van der Waals surface area contributed by atoms with Gasteiger partial charge >= 0.3 is 6.18 Å². The first-order chi connectivity index (χ1) is 14.4. The Balaban J connectivity index is 1.58. The second-order valence-corrected chi connectivity index (χ2v) is 7.99. The lowest BCUT2D eigenvalue weighted by Gasteiger charge is -2.29. The van der Waals surface area contributed by atoms with Crippen LogP contribution in [0.3, 0.4) is 0 Å². The molecule has 0 radical (unpaired) electrons. The topological polar surface area (TPSA) is 90.4 Å². The van der Waals surface area contributed by atoms with Crippen LogP contribution < -0.4 is 4.90 Å². The molecule has 1 aliphatic rings. The maximum atomic E-state index is 13.2. The molecule has 0 fully saturated rings. The molecular weight excluding hydrogens is 419 g/mol. The number of fused-ring (bicyclic) bond motifs is 2. The van der Waals surface area contributed by atoms with Crippen molar-refractivity contribution in [2.24, 2.45) is 0 Å². The maximum absolute atomic E-state index is 13.2. The Morgan fingerprint density at radius 3 is 2.77 bits per heavy atom. The molecule has 30 heavy (non-hydrogen) atoms. The monoisotopic (exact) mass is 435 g/mol. The van der Waals surface area contributed by atoms with Gasteiger partial charge in [-0.1, -0.05) is 13.3 Å². The molecule has 0 aromatic carbocycles. The van der Waals surface area contributed by atoms with Crippen LogP contribution in [-0.2, 0) is 25.7 Å². The van der Waals surface area contributed by atoms with E-state index in [2.05, 4.69) is 43.2 Å². The number of alkyl halides is 3. The van der Waals surface area contributed by atoms with Gasteiger partial charge in [0.05, 0.1) is 11.9 Å². The zero-order valence-corrected chi connectivity index (χ0v) is 16.7. The number of aryl methyl sites for hydroxylation is 1. The molecule has 0 aliphatic carbocycles. The van der Waals surface area contributed by atoms with Crippen molar-refractivity contribution in [1.29, 1.82) is 0 Å². The maximum Gasteiger partial charge on any atom is 0.451 e. The molecule has 0 spiro atoms. The molecule has 156 valence electrons. The van der Waals surface area contributed by atoms with Crippen molar-refractivity contribution in [3.8, 4) is 5.95 Å². The summed E-state index contributed by atoms with van der Waals surface area (Å²) in [7, 11) is 0. The SMILES string of the molecule is CCCc1cc2c(N3CCn4c(nnc4C(F)(F)F)C3)nc(-n3cncn3)nc2s1. The van der Waals surface area contributed by atoms with Crippen molar-refractivity contribution >= 4 is 27.4 Å². The van der Waals surface area contributed by atoms with Crippen LogP contribution in [0.25, 0.3) is 16.2 Å². The average molecular weight is 435 g/mol. The fourth-order valence-electron chi connectivity index (χ4n) is 3.52. The molecule has 9 nitrogen and oxygen atoms in total. The van der Waals surface area contributed by atoms with Crippen LogP contribution in [-0.4, -0.2) is 46.0 Å². The van der Waals surface area contributed by atoms with E-state index in [1.807, 2.05) is 4.90 Å². The number of rotatable bonds is 4. The van der Waals surface area contributed by atoms with E-state index in [-0.39, 0.29) is 18.9 Å². The lowest BCUT2D eigenvalue weighted by atomic mass is 10.2. The van der Waals surface area contributed by atoms with Gasteiger partial charge in [-0.3, -0.25) is 0 Å². The standard InChI is InChI=1S/C17H16F3N9S/c1-2-3-10-6-11-13(23-16(24-14(11)30-10)29-9-21-8-22-29)27-4-5-28-12(7-27)25-26-15(28)17(18,19)20/h6,8-9H,2-5,7H2,1H3. The van der Waals surface area contributed by atoms with Gasteiger partial charge in [0.25, 0.3) is 5.95 Å². The summed E-state index contributed by atoms with van der Waals surface area (Å²) in [6, 6.07) is 2.06. The third kappa shape index (κ3) is 3.18. The van der Waals surface area contributed by atoms with Crippen LogP contribution in [0.15, 0.2) is 18.7 Å². The van der Waals surface area contributed by atoms with Crippen LogP contribution in [0.5, 0.6) is 0 Å². The minimum Gasteiger partial charge on any atom is -0.347 e. The lowest BCUT2D eigenvalue weighted by molar-refractivity contribution is -0.147. The van der Waals surface area contributed by atoms with Gasteiger partial charge in [0.2, 0.25) is 5.82 Å². The summed E-state index contributed by atoms with van der Waals surface area (Å²) in [5, 5.41) is 12.1. The number of halogens is 3. The van der Waals surface area contributed by atoms with Gasteiger partial charge in [-0.15, -0.1) is 21.5 Å². The second-order valence-electron chi connectivity index (χ2n) is 6.88. The Kier molecular flexibility index (Phi) is 4.41. The fraction of sp³-hybridized carbons (Fsp3) is 0.412. The molecule has 5 heterocycles. The van der Waals surface area contributed by atoms with E-state index in [0.717, 1.165) is 27.6 Å². The van der Waals surface area contributed by atoms with Crippen molar-refractivity contribution < 1.29 is 13.2 Å². The Hall–Kier alpha value is -3.09. The molecule has 0 saturated carbocycles. The van der Waals surface area contributed by atoms with Gasteiger partial charge < -0.3 is 9.47 Å². The summed E-state index contributed by atoms with van der Waals surface area (Å²) in [4.78, 5) is 17.1. The highest BCUT2D eigenvalue weighted by Crippen LogP contribution is 2.35. The van der Waals surface area contributed by atoms with Crippen molar-refractivity contribution in [3.05, 3.63) is 35.2 Å². The average Bonchev–Trinajstić information content (AvgIpc) is 3.44. The van der Waals surface area contributed by atoms with Crippen LogP contribution >= 0.6 is 11.3 Å². The van der Waals surface area contributed by atoms with Gasteiger partial charge in [0.1, 0.15) is 23.3 Å². The first kappa shape index (κ1) is 18.9. The molecule has 0 amide bonds. The molecule has 4 aromatic rings. The van der Waals surface area contributed by atoms with Gasteiger partial charge in [-0.2, -0.15) is 32.9 Å². The van der Waals surface area contributed by atoms with Gasteiger partial charge in [-0.25, -0.2) is 4.98 Å². The lowest BCUT2D eigenvalue weighted by Crippen LogP contribution is -2.36. The minimum absolute atomic E-state index is 0.118. The first-order valence-corrected chi connectivity index (χ1v) is 10.2. The summed E-state index contributed by atoms with van der Waals surface area (Å²) in [5.74, 6) is 0.301. The van der Waals surface area contributed by atoms with Gasteiger partial charge in [0, 0.05) is 18.0 Å². The molecule has 4 aromatic heterocycles. The van der Waals surface area contributed by atoms with E-state index in [4.69, 9.17) is 0 Å². The van der Waals surface area contributed by atoms with E-state index in [9.17, 15) is 13.2 Å². The highest BCUT2D eigenvalue weighted by molar-refractivity contribution is 7.18. The fourth-order valence-corrected chi connectivity index (χ4v) is 4.64. The predicted octanol–water partition coefficient (Wildman–Crippen LogP) is 2.86. The number of aromatic nitrogens is 8. The van der Waals surface area contributed by atoms with Crippen LogP contribution in [0.1, 0.15) is 29.9 Å². The third-order valence-corrected chi connectivity index (χ3v) is 5.93. The number of nitrogens with zero attached hydrogens (tertiary/aromatic N) is 9. The molecule has 1 aliphatic heterocycles. The van der Waals surface area contributed by atoms with Crippen molar-refractivity contribution in [1.82, 2.24) is 39.5 Å². The Bertz CT molecular complexity index is 1200. The van der Waals surface area contributed by atoms with E-state index in [1.54, 1.807) is 11.3 Å². The van der Waals surface area contributed by atoms with Crippen molar-refractivity contribution in [3.63, 3.8) is 0 Å². The van der Waals surface area contributed by atoms with Gasteiger partial charge in [0.15, 0.2) is 5.82 Å². The Morgan fingerprint density at radius 2 is 2.03 bits per heavy atom. The number of hydrogen-bond acceptors (Lipinski definition) is 8. The molecule has 0 saturated heterocycles. The molecule has 5 rings (SSSR count). The van der Waals surface area contributed by atoms with Gasteiger partial charge in [-0.05, 0) is 12.5 Å². The number of thiophene rings is 1. The predicted molar refractivity (Wildman–Crippen MR) is 102 cm³/mol. The number of hydrogen-bond donors (Lipinski definition) is 0. The third-order valence-electron chi connectivity index (χ3n) is 4.84. The molecular formula is C17H16F3N9S. The summed E-state index contributed by atoms with van der Waals surface area (Å²) in [6.45, 7) is 2.74. The molecule has 0 bridgehead atoms. The minimum atomic E-state index is -4.53. The highest BCUT2D eigenvalue weighted by atomic mass is 32.1. The quantitative estimate of drug-likeness (QED) is 0.487. The summed E-state index contributed by atoms with van der Waals surface area (Å²) in [5.41, 5.74) is 0. The normalized spacial score (nSPS) is 14.5. The zero-order valence-electron chi connectivity index (χ0n) is 15.8. The summed E-state index contributed by atoms with van der Waals surface area (Å²) >= 11 is 1.58.